The van der Waals surface area contributed by atoms with Gasteiger partial charge in [0.1, 0.15) is 5.75 Å². The number of ether oxygens (including phenoxy) is 1. The Morgan fingerprint density at radius 2 is 2.05 bits per heavy atom. The van der Waals surface area contributed by atoms with Crippen LogP contribution in [0.3, 0.4) is 0 Å². The number of hydrogen-bond acceptors (Lipinski definition) is 4. The summed E-state index contributed by atoms with van der Waals surface area (Å²) >= 11 is 0. The second-order valence-corrected chi connectivity index (χ2v) is 4.66. The number of carbonyl (C=O) groups is 2. The molecule has 0 aliphatic rings. The molecule has 0 radical (unpaired) electrons. The van der Waals surface area contributed by atoms with E-state index in [0.717, 1.165) is 13.0 Å². The average Bonchev–Trinajstić information content (AvgIpc) is 3.03. The van der Waals surface area contributed by atoms with Gasteiger partial charge in [-0.1, -0.05) is 0 Å². The quantitative estimate of drug-likeness (QED) is 0.696. The molecule has 0 bridgehead atoms. The maximum atomic E-state index is 11.9. The van der Waals surface area contributed by atoms with Gasteiger partial charge in [0.05, 0.1) is 0 Å². The summed E-state index contributed by atoms with van der Waals surface area (Å²) in [7, 11) is 0. The first-order chi connectivity index (χ1) is 10.6. The van der Waals surface area contributed by atoms with E-state index >= 15 is 0 Å². The molecule has 7 nitrogen and oxygen atoms in total. The molecule has 1 aromatic carbocycles. The Morgan fingerprint density at radius 3 is 2.68 bits per heavy atom. The second-order valence-electron chi connectivity index (χ2n) is 4.66. The maximum Gasteiger partial charge on any atom is 0.255 e. The van der Waals surface area contributed by atoms with Crippen molar-refractivity contribution in [3.8, 4) is 5.75 Å². The van der Waals surface area contributed by atoms with Crippen molar-refractivity contribution in [1.29, 1.82) is 0 Å². The summed E-state index contributed by atoms with van der Waals surface area (Å²) in [6.45, 7) is 1.14. The number of aryl methyl sites for hydroxylation is 1. The molecule has 2 aromatic rings. The first kappa shape index (κ1) is 15.6. The molecule has 0 saturated heterocycles. The van der Waals surface area contributed by atoms with Crippen molar-refractivity contribution in [2.24, 2.45) is 5.73 Å². The normalized spacial score (nSPS) is 10.2. The van der Waals surface area contributed by atoms with Crippen molar-refractivity contribution in [1.82, 2.24) is 15.1 Å². The molecule has 1 heterocycles. The average molecular weight is 302 g/mol. The van der Waals surface area contributed by atoms with Crippen LogP contribution >= 0.6 is 0 Å². The highest BCUT2D eigenvalue weighted by atomic mass is 16.5. The molecule has 0 fully saturated rings. The lowest BCUT2D eigenvalue weighted by Gasteiger charge is -2.07. The van der Waals surface area contributed by atoms with E-state index in [-0.39, 0.29) is 12.5 Å². The van der Waals surface area contributed by atoms with E-state index in [2.05, 4.69) is 10.4 Å². The zero-order valence-corrected chi connectivity index (χ0v) is 12.1. The number of primary amides is 1. The number of nitrogens with zero attached hydrogens (tertiary/aromatic N) is 2. The fourth-order valence-electron chi connectivity index (χ4n) is 1.83. The Bertz CT molecular complexity index is 608. The van der Waals surface area contributed by atoms with Gasteiger partial charge in [-0.2, -0.15) is 5.10 Å². The third-order valence-electron chi connectivity index (χ3n) is 2.91. The number of nitrogens with two attached hydrogens (primary N) is 1. The fraction of sp³-hybridized carbons (Fsp3) is 0.267. The second kappa shape index (κ2) is 7.82. The zero-order chi connectivity index (χ0) is 15.8. The third-order valence-corrected chi connectivity index (χ3v) is 2.91. The highest BCUT2D eigenvalue weighted by molar-refractivity contribution is 5.94. The lowest BCUT2D eigenvalue weighted by molar-refractivity contribution is -0.119. The predicted octanol–water partition coefficient (Wildman–Crippen LogP) is 0.567. The molecule has 0 saturated carbocycles. The van der Waals surface area contributed by atoms with Crippen molar-refractivity contribution in [3.05, 3.63) is 48.3 Å². The summed E-state index contributed by atoms with van der Waals surface area (Å²) in [5, 5.41) is 6.92. The number of rotatable bonds is 8. The van der Waals surface area contributed by atoms with Crippen LogP contribution in [0.1, 0.15) is 16.8 Å². The smallest absolute Gasteiger partial charge is 0.255 e. The van der Waals surface area contributed by atoms with Crippen LogP contribution in [-0.2, 0) is 11.3 Å². The molecule has 0 aliphatic heterocycles. The van der Waals surface area contributed by atoms with E-state index in [9.17, 15) is 9.59 Å². The van der Waals surface area contributed by atoms with Gasteiger partial charge in [-0.05, 0) is 36.8 Å². The number of nitrogens with one attached hydrogen (secondary N) is 1. The van der Waals surface area contributed by atoms with Crippen molar-refractivity contribution < 1.29 is 14.3 Å². The molecule has 0 aliphatic carbocycles. The maximum absolute atomic E-state index is 11.9. The number of hydrogen-bond donors (Lipinski definition) is 2. The molecular weight excluding hydrogens is 284 g/mol. The molecule has 7 heteroatoms. The molecule has 2 amide bonds. The minimum atomic E-state index is -0.543. The molecule has 3 N–H and O–H groups in total. The van der Waals surface area contributed by atoms with Crippen LogP contribution in [0.25, 0.3) is 0 Å². The highest BCUT2D eigenvalue weighted by Crippen LogP contribution is 2.11. The van der Waals surface area contributed by atoms with Gasteiger partial charge in [0.25, 0.3) is 11.8 Å². The van der Waals surface area contributed by atoms with Gasteiger partial charge in [0, 0.05) is 31.0 Å². The van der Waals surface area contributed by atoms with Crippen LogP contribution in [-0.4, -0.2) is 34.7 Å². The van der Waals surface area contributed by atoms with Crippen LogP contribution in [0.4, 0.5) is 0 Å². The summed E-state index contributed by atoms with van der Waals surface area (Å²) in [6.07, 6.45) is 4.40. The predicted molar refractivity (Wildman–Crippen MR) is 80.3 cm³/mol. The summed E-state index contributed by atoms with van der Waals surface area (Å²) < 4.78 is 6.94. The standard InChI is InChI=1S/C15H18N4O3/c16-14(20)11-22-13-5-3-12(4-6-13)15(21)17-7-1-9-19-10-2-8-18-19/h2-6,8,10H,1,7,9,11H2,(H2,16,20)(H,17,21). The molecule has 0 atom stereocenters. The lowest BCUT2D eigenvalue weighted by Crippen LogP contribution is -2.25. The fourth-order valence-corrected chi connectivity index (χ4v) is 1.83. The minimum Gasteiger partial charge on any atom is -0.484 e. The molecule has 2 rings (SSSR count). The van der Waals surface area contributed by atoms with E-state index in [0.29, 0.717) is 17.9 Å². The SMILES string of the molecule is NC(=O)COc1ccc(C(=O)NCCCn2cccn2)cc1. The summed E-state index contributed by atoms with van der Waals surface area (Å²) in [5.74, 6) is -0.199. The van der Waals surface area contributed by atoms with Crippen molar-refractivity contribution in [2.45, 2.75) is 13.0 Å². The van der Waals surface area contributed by atoms with Crippen molar-refractivity contribution >= 4 is 11.8 Å². The van der Waals surface area contributed by atoms with E-state index in [1.54, 1.807) is 30.5 Å². The van der Waals surface area contributed by atoms with Gasteiger partial charge in [-0.3, -0.25) is 14.3 Å². The third kappa shape index (κ3) is 4.93. The molecule has 0 spiro atoms. The Morgan fingerprint density at radius 1 is 1.27 bits per heavy atom. The van der Waals surface area contributed by atoms with Gasteiger partial charge in [-0.15, -0.1) is 0 Å². The Labute approximate surface area is 128 Å². The highest BCUT2D eigenvalue weighted by Gasteiger charge is 2.05. The number of amides is 2. The lowest BCUT2D eigenvalue weighted by atomic mass is 10.2. The summed E-state index contributed by atoms with van der Waals surface area (Å²) in [5.41, 5.74) is 5.52. The Kier molecular flexibility index (Phi) is 5.53. The first-order valence-electron chi connectivity index (χ1n) is 6.92. The van der Waals surface area contributed by atoms with E-state index in [4.69, 9.17) is 10.5 Å². The molecule has 22 heavy (non-hydrogen) atoms. The Hall–Kier alpha value is -2.83. The van der Waals surface area contributed by atoms with Crippen LogP contribution in [0.15, 0.2) is 42.7 Å². The van der Waals surface area contributed by atoms with Gasteiger partial charge >= 0.3 is 0 Å². The van der Waals surface area contributed by atoms with Crippen molar-refractivity contribution in [3.63, 3.8) is 0 Å². The Balaban J connectivity index is 1.73. The first-order valence-corrected chi connectivity index (χ1v) is 6.92. The van der Waals surface area contributed by atoms with E-state index < -0.39 is 5.91 Å². The van der Waals surface area contributed by atoms with Gasteiger partial charge < -0.3 is 15.8 Å². The summed E-state index contributed by atoms with van der Waals surface area (Å²) in [4.78, 5) is 22.5. The van der Waals surface area contributed by atoms with Crippen molar-refractivity contribution in [2.75, 3.05) is 13.2 Å². The summed E-state index contributed by atoms with van der Waals surface area (Å²) in [6, 6.07) is 8.39. The van der Waals surface area contributed by atoms with Gasteiger partial charge in [0.2, 0.25) is 0 Å². The van der Waals surface area contributed by atoms with E-state index in [1.807, 2.05) is 16.9 Å². The zero-order valence-electron chi connectivity index (χ0n) is 12.1. The van der Waals surface area contributed by atoms with Crippen LogP contribution in [0.5, 0.6) is 5.75 Å². The topological polar surface area (TPSA) is 99.2 Å². The number of aromatic nitrogens is 2. The van der Waals surface area contributed by atoms with Crippen LogP contribution < -0.4 is 15.8 Å². The number of carbonyl (C=O) groups excluding carboxylic acids is 2. The minimum absolute atomic E-state index is 0.151. The molecule has 116 valence electrons. The van der Waals surface area contributed by atoms with Gasteiger partial charge in [0.15, 0.2) is 6.61 Å². The largest absolute Gasteiger partial charge is 0.484 e. The molecular formula is C15H18N4O3. The number of benzene rings is 1. The van der Waals surface area contributed by atoms with Gasteiger partial charge in [-0.25, -0.2) is 0 Å². The monoisotopic (exact) mass is 302 g/mol. The van der Waals surface area contributed by atoms with E-state index in [1.165, 1.54) is 0 Å². The molecule has 1 aromatic heterocycles. The molecule has 0 unspecified atom stereocenters. The van der Waals surface area contributed by atoms with Crippen LogP contribution in [0.2, 0.25) is 0 Å². The van der Waals surface area contributed by atoms with Crippen LogP contribution in [0, 0.1) is 0 Å².